The Balaban J connectivity index is 1.87. The van der Waals surface area contributed by atoms with E-state index in [1.165, 1.54) is 24.8 Å². The van der Waals surface area contributed by atoms with Gasteiger partial charge in [0.1, 0.15) is 5.15 Å². The molecule has 1 aromatic heterocycles. The van der Waals surface area contributed by atoms with E-state index in [0.29, 0.717) is 23.2 Å². The minimum Gasteiger partial charge on any atom is -0.371 e. The number of aromatic nitrogens is 1. The molecule has 3 heterocycles. The number of hydrogen-bond acceptors (Lipinski definition) is 2. The van der Waals surface area contributed by atoms with Crippen molar-refractivity contribution in [2.45, 2.75) is 37.3 Å². The summed E-state index contributed by atoms with van der Waals surface area (Å²) >= 11 is 5.82. The van der Waals surface area contributed by atoms with E-state index in [9.17, 15) is 0 Å². The fourth-order valence-electron chi connectivity index (χ4n) is 3.28. The molecule has 2 aliphatic heterocycles. The maximum Gasteiger partial charge on any atom is 0.129 e. The van der Waals surface area contributed by atoms with Crippen LogP contribution >= 0.6 is 11.6 Å². The molecule has 0 N–H and O–H groups in total. The van der Waals surface area contributed by atoms with Gasteiger partial charge in [0.05, 0.1) is 0 Å². The summed E-state index contributed by atoms with van der Waals surface area (Å²) in [6.07, 6.45) is 7.76. The van der Waals surface area contributed by atoms with Gasteiger partial charge in [0.2, 0.25) is 0 Å². The Labute approximate surface area is 101 Å². The highest BCUT2D eigenvalue weighted by Crippen LogP contribution is 2.46. The van der Waals surface area contributed by atoms with Gasteiger partial charge in [0, 0.05) is 24.2 Å². The third-order valence-electron chi connectivity index (χ3n) is 3.98. The molecule has 2 saturated heterocycles. The van der Waals surface area contributed by atoms with Gasteiger partial charge in [-0.1, -0.05) is 24.2 Å². The van der Waals surface area contributed by atoms with Gasteiger partial charge in [0.15, 0.2) is 0 Å². The second-order valence-electron chi connectivity index (χ2n) is 4.68. The van der Waals surface area contributed by atoms with E-state index in [0.717, 1.165) is 0 Å². The van der Waals surface area contributed by atoms with E-state index < -0.39 is 0 Å². The van der Waals surface area contributed by atoms with Crippen molar-refractivity contribution in [2.75, 3.05) is 0 Å². The topological polar surface area (TPSA) is 16.1 Å². The van der Waals surface area contributed by atoms with E-state index in [2.05, 4.69) is 22.5 Å². The predicted molar refractivity (Wildman–Crippen MR) is 65.5 cm³/mol. The summed E-state index contributed by atoms with van der Waals surface area (Å²) in [7, 11) is 0. The largest absolute Gasteiger partial charge is 0.371 e. The van der Waals surface area contributed by atoms with Gasteiger partial charge in [-0.15, -0.1) is 0 Å². The fraction of sp³-hybridized carbons (Fsp3) is 0.462. The van der Waals surface area contributed by atoms with Gasteiger partial charge >= 0.3 is 0 Å². The Morgan fingerprint density at radius 2 is 2.31 bits per heavy atom. The Kier molecular flexibility index (Phi) is 2.40. The molecule has 1 aromatic rings. The summed E-state index contributed by atoms with van der Waals surface area (Å²) in [5.41, 5.74) is 1.32. The van der Waals surface area contributed by atoms with Crippen LogP contribution in [0.3, 0.4) is 0 Å². The van der Waals surface area contributed by atoms with Crippen LogP contribution in [-0.2, 0) is 0 Å². The second-order valence-corrected chi connectivity index (χ2v) is 5.07. The van der Waals surface area contributed by atoms with Crippen molar-refractivity contribution in [1.29, 1.82) is 0 Å². The molecule has 3 unspecified atom stereocenters. The number of fused-ring (bicyclic) bond motifs is 2. The van der Waals surface area contributed by atoms with Crippen LogP contribution in [0.1, 0.15) is 30.7 Å². The van der Waals surface area contributed by atoms with Gasteiger partial charge < -0.3 is 4.90 Å². The van der Waals surface area contributed by atoms with E-state index >= 15 is 0 Å². The monoisotopic (exact) mass is 234 g/mol. The molecule has 2 bridgehead atoms. The molecule has 0 aromatic carbocycles. The SMILES string of the molecule is C=CN1C2CCC1C(c1ccc(Cl)nc1)C2. The number of rotatable bonds is 2. The average molecular weight is 235 g/mol. The summed E-state index contributed by atoms with van der Waals surface area (Å²) in [4.78, 5) is 6.61. The first-order valence-corrected chi connectivity index (χ1v) is 6.19. The molecular formula is C13H15ClN2. The van der Waals surface area contributed by atoms with Crippen molar-refractivity contribution in [3.05, 3.63) is 41.8 Å². The Bertz CT molecular complexity index is 401. The maximum atomic E-state index is 5.82. The van der Waals surface area contributed by atoms with Crippen molar-refractivity contribution < 1.29 is 0 Å². The van der Waals surface area contributed by atoms with Gasteiger partial charge in [0.25, 0.3) is 0 Å². The van der Waals surface area contributed by atoms with Crippen LogP contribution in [0, 0.1) is 0 Å². The molecule has 0 amide bonds. The van der Waals surface area contributed by atoms with E-state index in [-0.39, 0.29) is 0 Å². The Morgan fingerprint density at radius 1 is 1.44 bits per heavy atom. The van der Waals surface area contributed by atoms with Crippen molar-refractivity contribution in [3.63, 3.8) is 0 Å². The zero-order chi connectivity index (χ0) is 11.1. The van der Waals surface area contributed by atoms with Crippen molar-refractivity contribution in [2.24, 2.45) is 0 Å². The first-order valence-electron chi connectivity index (χ1n) is 5.81. The third kappa shape index (κ3) is 1.44. The molecule has 0 radical (unpaired) electrons. The van der Waals surface area contributed by atoms with Crippen LogP contribution in [0.15, 0.2) is 31.1 Å². The van der Waals surface area contributed by atoms with Crippen molar-refractivity contribution >= 4 is 11.6 Å². The first kappa shape index (κ1) is 10.2. The summed E-state index contributed by atoms with van der Waals surface area (Å²) in [6.45, 7) is 3.91. The second kappa shape index (κ2) is 3.77. The molecule has 2 aliphatic rings. The van der Waals surface area contributed by atoms with E-state index in [1.54, 1.807) is 0 Å². The molecule has 3 atom stereocenters. The van der Waals surface area contributed by atoms with Crippen LogP contribution in [0.4, 0.5) is 0 Å². The molecule has 84 valence electrons. The average Bonchev–Trinajstić information content (AvgIpc) is 2.86. The lowest BCUT2D eigenvalue weighted by molar-refractivity contribution is 0.349. The zero-order valence-corrected chi connectivity index (χ0v) is 9.90. The maximum absolute atomic E-state index is 5.82. The highest BCUT2D eigenvalue weighted by atomic mass is 35.5. The molecule has 3 heteroatoms. The number of hydrogen-bond donors (Lipinski definition) is 0. The number of halogens is 1. The Morgan fingerprint density at radius 3 is 2.94 bits per heavy atom. The fourth-order valence-corrected chi connectivity index (χ4v) is 3.39. The molecule has 0 saturated carbocycles. The van der Waals surface area contributed by atoms with Gasteiger partial charge in [-0.2, -0.15) is 0 Å². The highest BCUT2D eigenvalue weighted by molar-refractivity contribution is 6.29. The summed E-state index contributed by atoms with van der Waals surface area (Å²) in [6, 6.07) is 5.33. The standard InChI is InChI=1S/C13H15ClN2/c1-2-16-10-4-5-12(16)11(7-10)9-3-6-13(14)15-8-9/h2-3,6,8,10-12H,1,4-5,7H2. The molecule has 0 spiro atoms. The van der Waals surface area contributed by atoms with Crippen LogP contribution in [0.2, 0.25) is 5.15 Å². The minimum absolute atomic E-state index is 0.576. The smallest absolute Gasteiger partial charge is 0.129 e. The van der Waals surface area contributed by atoms with Gasteiger partial charge in [-0.3, -0.25) is 0 Å². The molecule has 2 nitrogen and oxygen atoms in total. The molecule has 0 aliphatic carbocycles. The van der Waals surface area contributed by atoms with Crippen LogP contribution in [0.25, 0.3) is 0 Å². The number of nitrogens with zero attached hydrogens (tertiary/aromatic N) is 2. The third-order valence-corrected chi connectivity index (χ3v) is 4.20. The van der Waals surface area contributed by atoms with E-state index in [4.69, 9.17) is 11.6 Å². The van der Waals surface area contributed by atoms with Crippen LogP contribution in [-0.4, -0.2) is 22.0 Å². The van der Waals surface area contributed by atoms with Gasteiger partial charge in [-0.05, 0) is 37.1 Å². The minimum atomic E-state index is 0.576. The van der Waals surface area contributed by atoms with E-state index in [1.807, 2.05) is 18.5 Å². The zero-order valence-electron chi connectivity index (χ0n) is 9.14. The quantitative estimate of drug-likeness (QED) is 0.731. The normalized spacial score (nSPS) is 32.1. The van der Waals surface area contributed by atoms with Crippen molar-refractivity contribution in [1.82, 2.24) is 9.88 Å². The number of pyridine rings is 1. The molecule has 16 heavy (non-hydrogen) atoms. The molecule has 3 rings (SSSR count). The lowest BCUT2D eigenvalue weighted by Crippen LogP contribution is -2.23. The van der Waals surface area contributed by atoms with Gasteiger partial charge in [-0.25, -0.2) is 4.98 Å². The lowest BCUT2D eigenvalue weighted by Gasteiger charge is -2.22. The van der Waals surface area contributed by atoms with Crippen molar-refractivity contribution in [3.8, 4) is 0 Å². The predicted octanol–water partition coefficient (Wildman–Crippen LogP) is 3.20. The lowest BCUT2D eigenvalue weighted by atomic mass is 9.85. The highest BCUT2D eigenvalue weighted by Gasteiger charge is 2.44. The molecule has 2 fully saturated rings. The molecular weight excluding hydrogens is 220 g/mol. The summed E-state index contributed by atoms with van der Waals surface area (Å²) in [5, 5.41) is 0.576. The summed E-state index contributed by atoms with van der Waals surface area (Å²) in [5.74, 6) is 0.613. The Hall–Kier alpha value is -1.02. The van der Waals surface area contributed by atoms with Crippen LogP contribution < -0.4 is 0 Å². The summed E-state index contributed by atoms with van der Waals surface area (Å²) < 4.78 is 0. The van der Waals surface area contributed by atoms with Crippen LogP contribution in [0.5, 0.6) is 0 Å². The first-order chi connectivity index (χ1) is 7.79.